The number of aryl methyl sites for hydroxylation is 1. The minimum Gasteiger partial charge on any atom is -0.497 e. The largest absolute Gasteiger partial charge is 0.497 e. The number of hydrogen-bond donors (Lipinski definition) is 0. The van der Waals surface area contributed by atoms with Gasteiger partial charge in [-0.05, 0) is 37.1 Å². The van der Waals surface area contributed by atoms with E-state index in [1.54, 1.807) is 31.4 Å². The first-order valence-electron chi connectivity index (χ1n) is 6.52. The van der Waals surface area contributed by atoms with Gasteiger partial charge in [-0.15, -0.1) is 11.6 Å². The van der Waals surface area contributed by atoms with Gasteiger partial charge in [0.2, 0.25) is 5.91 Å². The van der Waals surface area contributed by atoms with Gasteiger partial charge in [0.15, 0.2) is 0 Å². The molecule has 1 unspecified atom stereocenters. The summed E-state index contributed by atoms with van der Waals surface area (Å²) in [6, 6.07) is 5.30. The van der Waals surface area contributed by atoms with Gasteiger partial charge < -0.3 is 9.64 Å². The Morgan fingerprint density at radius 1 is 1.48 bits per heavy atom. The fraction of sp³-hybridized carbons (Fsp3) is 0.400. The second kappa shape index (κ2) is 6.43. The third-order valence-corrected chi connectivity index (χ3v) is 3.74. The molecule has 0 fully saturated rings. The quantitative estimate of drug-likeness (QED) is 0.797. The third kappa shape index (κ3) is 3.35. The molecule has 0 aliphatic carbocycles. The van der Waals surface area contributed by atoms with Crippen molar-refractivity contribution < 1.29 is 18.3 Å². The minimum absolute atomic E-state index is 0.334. The zero-order chi connectivity index (χ0) is 15.6. The van der Waals surface area contributed by atoms with Gasteiger partial charge in [-0.3, -0.25) is 4.79 Å². The molecule has 0 aromatic heterocycles. The minimum atomic E-state index is -2.61. The van der Waals surface area contributed by atoms with Crippen LogP contribution in [0.2, 0.25) is 0 Å². The summed E-state index contributed by atoms with van der Waals surface area (Å²) in [5.41, 5.74) is 2.06. The van der Waals surface area contributed by atoms with E-state index in [1.807, 2.05) is 6.92 Å². The van der Waals surface area contributed by atoms with Crippen LogP contribution in [0.25, 0.3) is 5.70 Å². The molecule has 0 saturated heterocycles. The zero-order valence-electron chi connectivity index (χ0n) is 11.8. The van der Waals surface area contributed by atoms with Crippen molar-refractivity contribution in [2.45, 2.75) is 25.1 Å². The molecule has 0 radical (unpaired) electrons. The average Bonchev–Trinajstić information content (AvgIpc) is 2.44. The lowest BCUT2D eigenvalue weighted by atomic mass is 9.99. The Labute approximate surface area is 127 Å². The second-order valence-corrected chi connectivity index (χ2v) is 5.34. The monoisotopic (exact) mass is 315 g/mol. The van der Waals surface area contributed by atoms with E-state index in [1.165, 1.54) is 0 Å². The van der Waals surface area contributed by atoms with Gasteiger partial charge in [0.25, 0.3) is 6.43 Å². The topological polar surface area (TPSA) is 29.5 Å². The number of nitrogens with zero attached hydrogens (tertiary/aromatic N) is 1. The number of allylic oxidation sites excluding steroid dienone is 1. The summed E-state index contributed by atoms with van der Waals surface area (Å²) in [4.78, 5) is 13.1. The standard InChI is InChI=1S/C15H16ClF2NO2/c1-9-7-10(21-2)3-4-11(9)13-6-5-12(16)15(20)19(13)8-14(17)18/h3-4,6-7,12,14H,5,8H2,1-2H3. The Balaban J connectivity index is 2.41. The molecule has 1 aromatic rings. The maximum absolute atomic E-state index is 12.7. The van der Waals surface area contributed by atoms with E-state index in [4.69, 9.17) is 16.3 Å². The normalized spacial score (nSPS) is 19.0. The van der Waals surface area contributed by atoms with Crippen molar-refractivity contribution in [3.8, 4) is 5.75 Å². The predicted molar refractivity (Wildman–Crippen MR) is 77.7 cm³/mol. The number of carbonyl (C=O) groups is 1. The van der Waals surface area contributed by atoms with Gasteiger partial charge in [-0.25, -0.2) is 8.78 Å². The predicted octanol–water partition coefficient (Wildman–Crippen LogP) is 3.45. The molecule has 3 nitrogen and oxygen atoms in total. The number of alkyl halides is 3. The number of rotatable bonds is 4. The fourth-order valence-electron chi connectivity index (χ4n) is 2.35. The summed E-state index contributed by atoms with van der Waals surface area (Å²) in [6.45, 7) is 1.19. The highest BCUT2D eigenvalue weighted by Crippen LogP contribution is 2.31. The second-order valence-electron chi connectivity index (χ2n) is 4.81. The molecule has 0 N–H and O–H groups in total. The highest BCUT2D eigenvalue weighted by atomic mass is 35.5. The molecule has 6 heteroatoms. The van der Waals surface area contributed by atoms with Crippen LogP contribution in [0.5, 0.6) is 5.75 Å². The van der Waals surface area contributed by atoms with Crippen LogP contribution >= 0.6 is 11.6 Å². The Morgan fingerprint density at radius 2 is 2.19 bits per heavy atom. The molecule has 1 amide bonds. The number of hydrogen-bond acceptors (Lipinski definition) is 2. The molecular weight excluding hydrogens is 300 g/mol. The lowest BCUT2D eigenvalue weighted by Gasteiger charge is -2.31. The fourth-order valence-corrected chi connectivity index (χ4v) is 2.55. The first kappa shape index (κ1) is 15.8. The summed E-state index contributed by atoms with van der Waals surface area (Å²) >= 11 is 5.88. The highest BCUT2D eigenvalue weighted by molar-refractivity contribution is 6.31. The van der Waals surface area contributed by atoms with Crippen LogP contribution < -0.4 is 4.74 Å². The van der Waals surface area contributed by atoms with Crippen molar-refractivity contribution in [1.82, 2.24) is 4.90 Å². The third-order valence-electron chi connectivity index (χ3n) is 3.37. The van der Waals surface area contributed by atoms with Crippen LogP contribution in [0.4, 0.5) is 8.78 Å². The van der Waals surface area contributed by atoms with Crippen molar-refractivity contribution in [3.63, 3.8) is 0 Å². The highest BCUT2D eigenvalue weighted by Gasteiger charge is 2.32. The lowest BCUT2D eigenvalue weighted by molar-refractivity contribution is -0.129. The number of carbonyl (C=O) groups excluding carboxylic acids is 1. The molecule has 21 heavy (non-hydrogen) atoms. The maximum atomic E-state index is 12.7. The Bertz CT molecular complexity index is 575. The van der Waals surface area contributed by atoms with Gasteiger partial charge in [-0.1, -0.05) is 6.08 Å². The first-order chi connectivity index (χ1) is 9.93. The van der Waals surface area contributed by atoms with Crippen molar-refractivity contribution in [1.29, 1.82) is 0 Å². The van der Waals surface area contributed by atoms with Crippen LogP contribution in [0, 0.1) is 6.92 Å². The summed E-state index contributed by atoms with van der Waals surface area (Å²) < 4.78 is 30.6. The molecule has 114 valence electrons. The van der Waals surface area contributed by atoms with Gasteiger partial charge in [0, 0.05) is 11.3 Å². The van der Waals surface area contributed by atoms with Crippen LogP contribution in [-0.2, 0) is 4.79 Å². The summed E-state index contributed by atoms with van der Waals surface area (Å²) in [5, 5.41) is -0.786. The van der Waals surface area contributed by atoms with E-state index in [9.17, 15) is 13.6 Å². The molecule has 1 aromatic carbocycles. The summed E-state index contributed by atoms with van der Waals surface area (Å²) in [6.07, 6.45) is -0.546. The van der Waals surface area contributed by atoms with Crippen molar-refractivity contribution >= 4 is 23.2 Å². The number of amides is 1. The molecule has 0 bridgehead atoms. The van der Waals surface area contributed by atoms with E-state index in [0.717, 1.165) is 16.0 Å². The van der Waals surface area contributed by atoms with Crippen LogP contribution in [0.3, 0.4) is 0 Å². The van der Waals surface area contributed by atoms with Crippen LogP contribution in [0.1, 0.15) is 17.5 Å². The van der Waals surface area contributed by atoms with Crippen molar-refractivity contribution in [2.24, 2.45) is 0 Å². The number of methoxy groups -OCH3 is 1. The van der Waals surface area contributed by atoms with E-state index in [-0.39, 0.29) is 0 Å². The summed E-state index contributed by atoms with van der Waals surface area (Å²) in [7, 11) is 1.55. The Hall–Kier alpha value is -1.62. The average molecular weight is 316 g/mol. The number of halogens is 3. The molecule has 1 aliphatic rings. The lowest BCUT2D eigenvalue weighted by Crippen LogP contribution is -2.41. The van der Waals surface area contributed by atoms with Crippen LogP contribution in [0.15, 0.2) is 24.3 Å². The van der Waals surface area contributed by atoms with E-state index >= 15 is 0 Å². The van der Waals surface area contributed by atoms with Gasteiger partial charge >= 0.3 is 0 Å². The molecule has 1 aliphatic heterocycles. The Morgan fingerprint density at radius 3 is 2.76 bits per heavy atom. The maximum Gasteiger partial charge on any atom is 0.256 e. The molecule has 0 saturated carbocycles. The molecule has 1 atom stereocenters. The van der Waals surface area contributed by atoms with E-state index < -0.39 is 24.3 Å². The summed E-state index contributed by atoms with van der Waals surface area (Å²) in [5.74, 6) is 0.194. The number of benzene rings is 1. The van der Waals surface area contributed by atoms with Gasteiger partial charge in [-0.2, -0.15) is 0 Å². The molecular formula is C15H16ClF2NO2. The molecule has 0 spiro atoms. The van der Waals surface area contributed by atoms with Crippen LogP contribution in [-0.4, -0.2) is 36.3 Å². The Kier molecular flexibility index (Phi) is 4.83. The van der Waals surface area contributed by atoms with E-state index in [2.05, 4.69) is 0 Å². The van der Waals surface area contributed by atoms with Gasteiger partial charge in [0.05, 0.1) is 13.7 Å². The smallest absolute Gasteiger partial charge is 0.256 e. The van der Waals surface area contributed by atoms with Crippen molar-refractivity contribution in [2.75, 3.05) is 13.7 Å². The zero-order valence-corrected chi connectivity index (χ0v) is 12.5. The first-order valence-corrected chi connectivity index (χ1v) is 6.96. The van der Waals surface area contributed by atoms with E-state index in [0.29, 0.717) is 17.9 Å². The van der Waals surface area contributed by atoms with Crippen molar-refractivity contribution in [3.05, 3.63) is 35.4 Å². The van der Waals surface area contributed by atoms with Gasteiger partial charge in [0.1, 0.15) is 11.1 Å². The molecule has 1 heterocycles. The SMILES string of the molecule is COc1ccc(C2=CCC(Cl)C(=O)N2CC(F)F)c(C)c1. The number of ether oxygens (including phenoxy) is 1. The molecule has 2 rings (SSSR count).